The SMILES string of the molecule is C=C(C)CC(NCCC)c1ccc(C)cc1F. The Morgan fingerprint density at radius 2 is 2.18 bits per heavy atom. The van der Waals surface area contributed by atoms with Gasteiger partial charge in [-0.1, -0.05) is 24.6 Å². The van der Waals surface area contributed by atoms with Gasteiger partial charge in [0.1, 0.15) is 5.82 Å². The molecule has 0 aromatic heterocycles. The summed E-state index contributed by atoms with van der Waals surface area (Å²) >= 11 is 0. The van der Waals surface area contributed by atoms with Crippen LogP contribution in [0.25, 0.3) is 0 Å². The van der Waals surface area contributed by atoms with Gasteiger partial charge in [-0.2, -0.15) is 0 Å². The average molecular weight is 235 g/mol. The van der Waals surface area contributed by atoms with Crippen LogP contribution in [0.2, 0.25) is 0 Å². The third kappa shape index (κ3) is 4.31. The Bertz CT molecular complexity index is 385. The monoisotopic (exact) mass is 235 g/mol. The molecule has 2 heteroatoms. The van der Waals surface area contributed by atoms with Crippen LogP contribution in [0.3, 0.4) is 0 Å². The van der Waals surface area contributed by atoms with E-state index in [1.54, 1.807) is 6.07 Å². The number of benzene rings is 1. The first-order valence-corrected chi connectivity index (χ1v) is 6.18. The fraction of sp³-hybridized carbons (Fsp3) is 0.467. The van der Waals surface area contributed by atoms with E-state index in [1.165, 1.54) is 0 Å². The standard InChI is InChI=1S/C15H22FN/c1-5-8-17-15(9-11(2)3)13-7-6-12(4)10-14(13)16/h6-7,10,15,17H,2,5,8-9H2,1,3-4H3. The maximum atomic E-state index is 13.9. The Kier molecular flexibility index (Phi) is 5.36. The van der Waals surface area contributed by atoms with Crippen molar-refractivity contribution in [2.24, 2.45) is 0 Å². The molecule has 1 unspecified atom stereocenters. The quantitative estimate of drug-likeness (QED) is 0.731. The zero-order valence-corrected chi connectivity index (χ0v) is 11.0. The second kappa shape index (κ2) is 6.55. The van der Waals surface area contributed by atoms with Crippen molar-refractivity contribution in [3.8, 4) is 0 Å². The molecule has 0 fully saturated rings. The van der Waals surface area contributed by atoms with Crippen molar-refractivity contribution >= 4 is 0 Å². The largest absolute Gasteiger partial charge is 0.310 e. The van der Waals surface area contributed by atoms with Gasteiger partial charge in [0.2, 0.25) is 0 Å². The molecule has 1 rings (SSSR count). The molecule has 0 bridgehead atoms. The highest BCUT2D eigenvalue weighted by Gasteiger charge is 2.14. The van der Waals surface area contributed by atoms with Crippen molar-refractivity contribution < 1.29 is 4.39 Å². The Balaban J connectivity index is 2.90. The van der Waals surface area contributed by atoms with E-state index in [-0.39, 0.29) is 11.9 Å². The number of nitrogens with one attached hydrogen (secondary N) is 1. The van der Waals surface area contributed by atoms with E-state index in [9.17, 15) is 4.39 Å². The van der Waals surface area contributed by atoms with E-state index in [1.807, 2.05) is 26.0 Å². The van der Waals surface area contributed by atoms with Crippen LogP contribution in [-0.4, -0.2) is 6.54 Å². The van der Waals surface area contributed by atoms with Crippen molar-refractivity contribution in [1.29, 1.82) is 0 Å². The second-order valence-corrected chi connectivity index (χ2v) is 4.69. The number of halogens is 1. The van der Waals surface area contributed by atoms with Gasteiger partial charge in [-0.05, 0) is 44.9 Å². The topological polar surface area (TPSA) is 12.0 Å². The molecule has 0 saturated carbocycles. The summed E-state index contributed by atoms with van der Waals surface area (Å²) in [5.41, 5.74) is 2.77. The summed E-state index contributed by atoms with van der Waals surface area (Å²) in [4.78, 5) is 0. The normalized spacial score (nSPS) is 12.5. The molecule has 0 aliphatic carbocycles. The zero-order valence-electron chi connectivity index (χ0n) is 11.0. The average Bonchev–Trinajstić information content (AvgIpc) is 2.24. The summed E-state index contributed by atoms with van der Waals surface area (Å²) < 4.78 is 13.9. The number of aryl methyl sites for hydroxylation is 1. The van der Waals surface area contributed by atoms with E-state index >= 15 is 0 Å². The minimum absolute atomic E-state index is 0.0352. The van der Waals surface area contributed by atoms with E-state index in [2.05, 4.69) is 18.8 Å². The van der Waals surface area contributed by atoms with Crippen molar-refractivity contribution in [1.82, 2.24) is 5.32 Å². The lowest BCUT2D eigenvalue weighted by molar-refractivity contribution is 0.496. The number of hydrogen-bond acceptors (Lipinski definition) is 1. The molecule has 1 aromatic carbocycles. The molecule has 0 radical (unpaired) electrons. The highest BCUT2D eigenvalue weighted by molar-refractivity contribution is 5.27. The van der Waals surface area contributed by atoms with Gasteiger partial charge in [0.15, 0.2) is 0 Å². The minimum Gasteiger partial charge on any atom is -0.310 e. The first kappa shape index (κ1) is 13.9. The zero-order chi connectivity index (χ0) is 12.8. The van der Waals surface area contributed by atoms with E-state index in [0.29, 0.717) is 0 Å². The van der Waals surface area contributed by atoms with Gasteiger partial charge in [0.05, 0.1) is 0 Å². The lowest BCUT2D eigenvalue weighted by atomic mass is 9.98. The van der Waals surface area contributed by atoms with Crippen LogP contribution in [0, 0.1) is 12.7 Å². The van der Waals surface area contributed by atoms with Gasteiger partial charge in [-0.25, -0.2) is 4.39 Å². The fourth-order valence-corrected chi connectivity index (χ4v) is 1.87. The highest BCUT2D eigenvalue weighted by Crippen LogP contribution is 2.23. The van der Waals surface area contributed by atoms with Gasteiger partial charge >= 0.3 is 0 Å². The summed E-state index contributed by atoms with van der Waals surface area (Å²) in [6.45, 7) is 10.8. The molecule has 1 N–H and O–H groups in total. The molecule has 1 nitrogen and oxygen atoms in total. The Labute approximate surface area is 104 Å². The lowest BCUT2D eigenvalue weighted by Crippen LogP contribution is -2.23. The summed E-state index contributed by atoms with van der Waals surface area (Å²) in [6, 6.07) is 5.46. The van der Waals surface area contributed by atoms with Crippen LogP contribution in [0.4, 0.5) is 4.39 Å². The molecular weight excluding hydrogens is 213 g/mol. The van der Waals surface area contributed by atoms with Gasteiger partial charge in [0.25, 0.3) is 0 Å². The molecule has 1 atom stereocenters. The summed E-state index contributed by atoms with van der Waals surface area (Å²) in [5.74, 6) is -0.125. The van der Waals surface area contributed by atoms with Crippen molar-refractivity contribution in [2.45, 2.75) is 39.7 Å². The predicted octanol–water partition coefficient (Wildman–Crippen LogP) is 4.14. The van der Waals surface area contributed by atoms with Gasteiger partial charge in [-0.15, -0.1) is 6.58 Å². The Morgan fingerprint density at radius 1 is 1.47 bits per heavy atom. The maximum Gasteiger partial charge on any atom is 0.128 e. The highest BCUT2D eigenvalue weighted by atomic mass is 19.1. The minimum atomic E-state index is -0.125. The van der Waals surface area contributed by atoms with Crippen LogP contribution in [-0.2, 0) is 0 Å². The molecule has 0 saturated heterocycles. The molecular formula is C15H22FN. The third-order valence-electron chi connectivity index (χ3n) is 2.72. The summed E-state index contributed by atoms with van der Waals surface area (Å²) in [7, 11) is 0. The van der Waals surface area contributed by atoms with Crippen molar-refractivity contribution in [3.63, 3.8) is 0 Å². The first-order chi connectivity index (χ1) is 8.04. The molecule has 94 valence electrons. The number of rotatable bonds is 6. The van der Waals surface area contributed by atoms with Gasteiger partial charge in [0, 0.05) is 11.6 Å². The fourth-order valence-electron chi connectivity index (χ4n) is 1.87. The van der Waals surface area contributed by atoms with E-state index < -0.39 is 0 Å². The molecule has 0 amide bonds. The smallest absolute Gasteiger partial charge is 0.128 e. The number of hydrogen-bond donors (Lipinski definition) is 1. The van der Waals surface area contributed by atoms with Crippen LogP contribution in [0.1, 0.15) is 43.9 Å². The maximum absolute atomic E-state index is 13.9. The van der Waals surface area contributed by atoms with E-state index in [0.717, 1.165) is 36.1 Å². The predicted molar refractivity (Wildman–Crippen MR) is 71.6 cm³/mol. The van der Waals surface area contributed by atoms with Crippen LogP contribution in [0.15, 0.2) is 30.4 Å². The molecule has 0 spiro atoms. The van der Waals surface area contributed by atoms with Crippen LogP contribution >= 0.6 is 0 Å². The Morgan fingerprint density at radius 3 is 2.71 bits per heavy atom. The molecule has 0 aliphatic heterocycles. The summed E-state index contributed by atoms with van der Waals surface area (Å²) in [6.07, 6.45) is 1.82. The first-order valence-electron chi connectivity index (χ1n) is 6.18. The lowest BCUT2D eigenvalue weighted by Gasteiger charge is -2.20. The molecule has 1 aromatic rings. The van der Waals surface area contributed by atoms with Gasteiger partial charge in [-0.3, -0.25) is 0 Å². The van der Waals surface area contributed by atoms with Crippen LogP contribution in [0.5, 0.6) is 0 Å². The molecule has 0 aliphatic rings. The Hall–Kier alpha value is -1.15. The second-order valence-electron chi connectivity index (χ2n) is 4.69. The van der Waals surface area contributed by atoms with Gasteiger partial charge < -0.3 is 5.32 Å². The van der Waals surface area contributed by atoms with Crippen molar-refractivity contribution in [2.75, 3.05) is 6.54 Å². The molecule has 0 heterocycles. The van der Waals surface area contributed by atoms with Crippen LogP contribution < -0.4 is 5.32 Å². The van der Waals surface area contributed by atoms with Crippen molar-refractivity contribution in [3.05, 3.63) is 47.3 Å². The van der Waals surface area contributed by atoms with E-state index in [4.69, 9.17) is 0 Å². The molecule has 17 heavy (non-hydrogen) atoms. The summed E-state index contributed by atoms with van der Waals surface area (Å²) in [5, 5.41) is 3.38. The third-order valence-corrected chi connectivity index (χ3v) is 2.72.